The first-order valence-corrected chi connectivity index (χ1v) is 9.48. The lowest BCUT2D eigenvalue weighted by molar-refractivity contribution is -0.119. The molecule has 3 amide bonds. The van der Waals surface area contributed by atoms with Gasteiger partial charge in [-0.1, -0.05) is 25.1 Å². The van der Waals surface area contributed by atoms with Gasteiger partial charge in [0.25, 0.3) is 5.91 Å². The molecular weight excluding hydrogens is 368 g/mol. The van der Waals surface area contributed by atoms with Crippen LogP contribution in [0.25, 0.3) is 0 Å². The van der Waals surface area contributed by atoms with Gasteiger partial charge in [0, 0.05) is 31.0 Å². The zero-order chi connectivity index (χ0) is 21.4. The molecule has 0 aliphatic heterocycles. The first-order valence-electron chi connectivity index (χ1n) is 9.48. The van der Waals surface area contributed by atoms with Gasteiger partial charge in [0.05, 0.1) is 13.1 Å². The van der Waals surface area contributed by atoms with Crippen molar-refractivity contribution in [1.82, 2.24) is 9.80 Å². The number of benzene rings is 2. The third-order valence-corrected chi connectivity index (χ3v) is 4.32. The molecule has 0 aromatic heterocycles. The van der Waals surface area contributed by atoms with E-state index in [1.807, 2.05) is 31.2 Å². The molecule has 0 saturated carbocycles. The van der Waals surface area contributed by atoms with Gasteiger partial charge in [0.2, 0.25) is 11.8 Å². The van der Waals surface area contributed by atoms with Crippen LogP contribution in [-0.2, 0) is 16.0 Å². The van der Waals surface area contributed by atoms with Crippen LogP contribution in [0.4, 0.5) is 11.4 Å². The van der Waals surface area contributed by atoms with Crippen LogP contribution in [0.3, 0.4) is 0 Å². The van der Waals surface area contributed by atoms with E-state index < -0.39 is 0 Å². The molecule has 2 rings (SSSR count). The summed E-state index contributed by atoms with van der Waals surface area (Å²) in [5, 5.41) is 5.67. The van der Waals surface area contributed by atoms with Crippen molar-refractivity contribution in [3.63, 3.8) is 0 Å². The van der Waals surface area contributed by atoms with Gasteiger partial charge < -0.3 is 15.5 Å². The topological polar surface area (TPSA) is 81.8 Å². The molecule has 2 aromatic rings. The fraction of sp³-hybridized carbons (Fsp3) is 0.318. The number of nitrogens with one attached hydrogen (secondary N) is 2. The maximum atomic E-state index is 12.3. The zero-order valence-electron chi connectivity index (χ0n) is 17.4. The number of carbonyl (C=O) groups is 3. The number of aryl methyl sites for hydroxylation is 1. The summed E-state index contributed by atoms with van der Waals surface area (Å²) in [4.78, 5) is 39.5. The fourth-order valence-corrected chi connectivity index (χ4v) is 2.84. The van der Waals surface area contributed by atoms with Crippen LogP contribution < -0.4 is 10.6 Å². The fourth-order valence-electron chi connectivity index (χ4n) is 2.84. The summed E-state index contributed by atoms with van der Waals surface area (Å²) in [5.74, 6) is -0.507. The summed E-state index contributed by atoms with van der Waals surface area (Å²) in [5.41, 5.74) is 3.01. The molecule has 7 nitrogen and oxygen atoms in total. The lowest BCUT2D eigenvalue weighted by atomic mass is 10.1. The molecular formula is C22H28N4O3. The van der Waals surface area contributed by atoms with Crippen molar-refractivity contribution in [3.8, 4) is 0 Å². The van der Waals surface area contributed by atoms with Crippen LogP contribution in [0.15, 0.2) is 48.5 Å². The Hall–Kier alpha value is -3.19. The number of hydrogen-bond acceptors (Lipinski definition) is 4. The highest BCUT2D eigenvalue weighted by Gasteiger charge is 2.13. The molecule has 0 atom stereocenters. The summed E-state index contributed by atoms with van der Waals surface area (Å²) < 4.78 is 0. The molecule has 0 fully saturated rings. The van der Waals surface area contributed by atoms with Crippen molar-refractivity contribution >= 4 is 29.1 Å². The lowest BCUT2D eigenvalue weighted by Gasteiger charge is -2.17. The average molecular weight is 396 g/mol. The Kier molecular flexibility index (Phi) is 7.91. The monoisotopic (exact) mass is 396 g/mol. The van der Waals surface area contributed by atoms with Gasteiger partial charge in [-0.05, 0) is 49.4 Å². The van der Waals surface area contributed by atoms with E-state index in [2.05, 4.69) is 10.6 Å². The van der Waals surface area contributed by atoms with Crippen LogP contribution in [0, 0.1) is 0 Å². The molecule has 2 N–H and O–H groups in total. The number of carbonyl (C=O) groups excluding carboxylic acids is 3. The van der Waals surface area contributed by atoms with Crippen molar-refractivity contribution < 1.29 is 14.4 Å². The molecule has 29 heavy (non-hydrogen) atoms. The summed E-state index contributed by atoms with van der Waals surface area (Å²) in [6, 6.07) is 14.4. The van der Waals surface area contributed by atoms with E-state index in [0.29, 0.717) is 11.3 Å². The lowest BCUT2D eigenvalue weighted by Crippen LogP contribution is -2.36. The number of rotatable bonds is 8. The highest BCUT2D eigenvalue weighted by atomic mass is 16.2. The second-order valence-electron chi connectivity index (χ2n) is 7.06. The smallest absolute Gasteiger partial charge is 0.253 e. The van der Waals surface area contributed by atoms with Crippen LogP contribution >= 0.6 is 0 Å². The summed E-state index contributed by atoms with van der Waals surface area (Å²) in [6.45, 7) is 2.20. The minimum atomic E-state index is -0.235. The average Bonchev–Trinajstić information content (AvgIpc) is 2.68. The third kappa shape index (κ3) is 6.73. The van der Waals surface area contributed by atoms with E-state index in [1.54, 1.807) is 50.3 Å². The molecule has 154 valence electrons. The van der Waals surface area contributed by atoms with Gasteiger partial charge in [-0.2, -0.15) is 0 Å². The Morgan fingerprint density at radius 3 is 2.00 bits per heavy atom. The number of likely N-dealkylation sites (N-methyl/N-ethyl adjacent to an activating group) is 1. The quantitative estimate of drug-likeness (QED) is 0.718. The zero-order valence-corrected chi connectivity index (χ0v) is 17.4. The predicted octanol–water partition coefficient (Wildman–Crippen LogP) is 2.46. The molecule has 0 spiro atoms. The van der Waals surface area contributed by atoms with E-state index in [9.17, 15) is 14.4 Å². The van der Waals surface area contributed by atoms with Crippen molar-refractivity contribution in [3.05, 3.63) is 59.7 Å². The Balaban J connectivity index is 1.84. The SMILES string of the molecule is CCc1ccccc1NC(=O)CN(C)CC(=O)Nc1ccc(C(=O)N(C)C)cc1. The van der Waals surface area contributed by atoms with Crippen LogP contribution in [0.2, 0.25) is 0 Å². The Morgan fingerprint density at radius 1 is 0.828 bits per heavy atom. The number of hydrogen-bond donors (Lipinski definition) is 2. The largest absolute Gasteiger partial charge is 0.345 e. The van der Waals surface area contributed by atoms with Crippen molar-refractivity contribution in [1.29, 1.82) is 0 Å². The second-order valence-corrected chi connectivity index (χ2v) is 7.06. The van der Waals surface area contributed by atoms with Gasteiger partial charge in [-0.3, -0.25) is 19.3 Å². The molecule has 0 bridgehead atoms. The minimum Gasteiger partial charge on any atom is -0.345 e. The molecule has 0 radical (unpaired) electrons. The maximum absolute atomic E-state index is 12.3. The van der Waals surface area contributed by atoms with E-state index in [1.165, 1.54) is 4.90 Å². The number of para-hydroxylation sites is 1. The van der Waals surface area contributed by atoms with Gasteiger partial charge >= 0.3 is 0 Å². The number of amides is 3. The van der Waals surface area contributed by atoms with Crippen molar-refractivity contribution in [2.45, 2.75) is 13.3 Å². The van der Waals surface area contributed by atoms with E-state index in [4.69, 9.17) is 0 Å². The summed E-state index contributed by atoms with van der Waals surface area (Å²) in [6.07, 6.45) is 0.827. The highest BCUT2D eigenvalue weighted by Crippen LogP contribution is 2.15. The first kappa shape index (κ1) is 22.1. The predicted molar refractivity (Wildman–Crippen MR) is 115 cm³/mol. The van der Waals surface area contributed by atoms with Crippen LogP contribution in [0.5, 0.6) is 0 Å². The van der Waals surface area contributed by atoms with E-state index >= 15 is 0 Å². The molecule has 0 saturated heterocycles. The van der Waals surface area contributed by atoms with Gasteiger partial charge in [0.1, 0.15) is 0 Å². The number of nitrogens with zero attached hydrogens (tertiary/aromatic N) is 2. The summed E-state index contributed by atoms with van der Waals surface area (Å²) >= 11 is 0. The minimum absolute atomic E-state index is 0.0707. The van der Waals surface area contributed by atoms with Crippen molar-refractivity contribution in [2.24, 2.45) is 0 Å². The number of anilines is 2. The van der Waals surface area contributed by atoms with Crippen LogP contribution in [-0.4, -0.2) is 61.8 Å². The molecule has 7 heteroatoms. The first-order chi connectivity index (χ1) is 13.8. The van der Waals surface area contributed by atoms with Gasteiger partial charge in [-0.15, -0.1) is 0 Å². The molecule has 2 aromatic carbocycles. The molecule has 0 aliphatic carbocycles. The van der Waals surface area contributed by atoms with Crippen molar-refractivity contribution in [2.75, 3.05) is 44.9 Å². The normalized spacial score (nSPS) is 10.5. The molecule has 0 unspecified atom stereocenters. The van der Waals surface area contributed by atoms with E-state index in [-0.39, 0.29) is 30.8 Å². The molecule has 0 aliphatic rings. The Morgan fingerprint density at radius 2 is 1.41 bits per heavy atom. The second kappa shape index (κ2) is 10.4. The Bertz CT molecular complexity index is 863. The highest BCUT2D eigenvalue weighted by molar-refractivity contribution is 5.96. The molecule has 0 heterocycles. The standard InChI is InChI=1S/C22H28N4O3/c1-5-16-8-6-7-9-19(16)24-21(28)15-26(4)14-20(27)23-18-12-10-17(11-13-18)22(29)25(2)3/h6-13H,5,14-15H2,1-4H3,(H,23,27)(H,24,28). The summed E-state index contributed by atoms with van der Waals surface area (Å²) in [7, 11) is 5.08. The van der Waals surface area contributed by atoms with Gasteiger partial charge in [0.15, 0.2) is 0 Å². The van der Waals surface area contributed by atoms with E-state index in [0.717, 1.165) is 17.7 Å². The maximum Gasteiger partial charge on any atom is 0.253 e. The third-order valence-electron chi connectivity index (χ3n) is 4.32. The van der Waals surface area contributed by atoms with Crippen LogP contribution in [0.1, 0.15) is 22.8 Å². The Labute approximate surface area is 171 Å². The van der Waals surface area contributed by atoms with Gasteiger partial charge in [-0.25, -0.2) is 0 Å².